The van der Waals surface area contributed by atoms with Gasteiger partial charge in [-0.05, 0) is 75.6 Å². The SMILES string of the molecule is Cc1ccc(C(=O)N2CCC[C@@H]3CCCC[C@H]32)c(C2CCN(S(=O)(=O)c3ccccc3)CC2)n1. The zero-order valence-electron chi connectivity index (χ0n) is 20.0. The van der Waals surface area contributed by atoms with Crippen LogP contribution in [0.25, 0.3) is 0 Å². The van der Waals surface area contributed by atoms with Crippen LogP contribution in [0.2, 0.25) is 0 Å². The number of fused-ring (bicyclic) bond motifs is 1. The van der Waals surface area contributed by atoms with Crippen LogP contribution < -0.4 is 0 Å². The van der Waals surface area contributed by atoms with Crippen LogP contribution in [-0.2, 0) is 10.0 Å². The van der Waals surface area contributed by atoms with Gasteiger partial charge >= 0.3 is 0 Å². The number of aryl methyl sites for hydroxylation is 1. The molecular formula is C27H35N3O3S. The lowest BCUT2D eigenvalue weighted by atomic mass is 9.78. The van der Waals surface area contributed by atoms with Gasteiger partial charge in [0.25, 0.3) is 5.91 Å². The molecular weight excluding hydrogens is 446 g/mol. The highest BCUT2D eigenvalue weighted by Gasteiger charge is 2.38. The van der Waals surface area contributed by atoms with Gasteiger partial charge < -0.3 is 4.90 Å². The number of hydrogen-bond donors (Lipinski definition) is 0. The minimum Gasteiger partial charge on any atom is -0.335 e. The number of rotatable bonds is 4. The summed E-state index contributed by atoms with van der Waals surface area (Å²) >= 11 is 0. The van der Waals surface area contributed by atoms with Crippen molar-refractivity contribution in [3.05, 3.63) is 59.4 Å². The topological polar surface area (TPSA) is 70.6 Å². The number of sulfonamides is 1. The number of amides is 1. The van der Waals surface area contributed by atoms with Crippen molar-refractivity contribution in [2.24, 2.45) is 5.92 Å². The standard InChI is InChI=1S/C27H35N3O3S/c1-20-13-14-24(27(31)30-17-7-9-21-8-5-6-12-25(21)30)26(28-20)22-15-18-29(19-16-22)34(32,33)23-10-3-2-4-11-23/h2-4,10-11,13-14,21-22,25H,5-9,12,15-19H2,1H3/t21-,25+/m0/s1. The summed E-state index contributed by atoms with van der Waals surface area (Å²) in [6.07, 6.45) is 8.51. The van der Waals surface area contributed by atoms with Gasteiger partial charge in [-0.15, -0.1) is 0 Å². The second-order valence-corrected chi connectivity index (χ2v) is 12.1. The predicted molar refractivity (Wildman–Crippen MR) is 132 cm³/mol. The molecule has 0 unspecified atom stereocenters. The summed E-state index contributed by atoms with van der Waals surface area (Å²) in [6.45, 7) is 3.69. The van der Waals surface area contributed by atoms with Crippen molar-refractivity contribution in [3.8, 4) is 0 Å². The summed E-state index contributed by atoms with van der Waals surface area (Å²) < 4.78 is 27.7. The number of likely N-dealkylation sites (tertiary alicyclic amines) is 1. The Morgan fingerprint density at radius 3 is 2.35 bits per heavy atom. The number of nitrogens with zero attached hydrogens (tertiary/aromatic N) is 3. The Balaban J connectivity index is 1.35. The molecule has 3 heterocycles. The summed E-state index contributed by atoms with van der Waals surface area (Å²) in [6, 6.07) is 12.9. The molecule has 7 heteroatoms. The lowest BCUT2D eigenvalue weighted by Gasteiger charge is -2.44. The lowest BCUT2D eigenvalue weighted by Crippen LogP contribution is -2.50. The van der Waals surface area contributed by atoms with E-state index in [2.05, 4.69) is 4.90 Å². The fourth-order valence-electron chi connectivity index (χ4n) is 6.21. The largest absolute Gasteiger partial charge is 0.335 e. The van der Waals surface area contributed by atoms with E-state index in [1.807, 2.05) is 25.1 Å². The Hall–Kier alpha value is -2.25. The molecule has 1 aromatic heterocycles. The molecule has 1 amide bonds. The van der Waals surface area contributed by atoms with Gasteiger partial charge in [0.05, 0.1) is 16.2 Å². The van der Waals surface area contributed by atoms with E-state index >= 15 is 0 Å². The van der Waals surface area contributed by atoms with Gasteiger partial charge in [-0.1, -0.05) is 31.0 Å². The number of pyridine rings is 1. The molecule has 182 valence electrons. The van der Waals surface area contributed by atoms with Crippen LogP contribution >= 0.6 is 0 Å². The average Bonchev–Trinajstić information content (AvgIpc) is 2.88. The van der Waals surface area contributed by atoms with E-state index in [9.17, 15) is 13.2 Å². The maximum Gasteiger partial charge on any atom is 0.255 e. The van der Waals surface area contributed by atoms with Gasteiger partial charge in [0, 0.05) is 37.3 Å². The first kappa shape index (κ1) is 23.5. The molecule has 3 aliphatic rings. The van der Waals surface area contributed by atoms with Crippen LogP contribution in [0.4, 0.5) is 0 Å². The van der Waals surface area contributed by atoms with E-state index in [-0.39, 0.29) is 11.8 Å². The summed E-state index contributed by atoms with van der Waals surface area (Å²) in [4.78, 5) is 21.1. The Labute approximate surface area is 203 Å². The number of piperidine rings is 2. The summed E-state index contributed by atoms with van der Waals surface area (Å²) in [5.41, 5.74) is 2.49. The fraction of sp³-hybridized carbons (Fsp3) is 0.556. The van der Waals surface area contributed by atoms with Crippen molar-refractivity contribution in [2.45, 2.75) is 75.1 Å². The highest BCUT2D eigenvalue weighted by atomic mass is 32.2. The first-order valence-electron chi connectivity index (χ1n) is 12.8. The molecule has 34 heavy (non-hydrogen) atoms. The van der Waals surface area contributed by atoms with Gasteiger partial charge in [0.2, 0.25) is 10.0 Å². The van der Waals surface area contributed by atoms with Gasteiger partial charge in [-0.2, -0.15) is 4.31 Å². The number of aromatic nitrogens is 1. The molecule has 2 atom stereocenters. The molecule has 0 radical (unpaired) electrons. The quantitative estimate of drug-likeness (QED) is 0.632. The molecule has 1 aliphatic carbocycles. The van der Waals surface area contributed by atoms with Crippen LogP contribution in [0.3, 0.4) is 0 Å². The number of hydrogen-bond acceptors (Lipinski definition) is 4. The Kier molecular flexibility index (Phi) is 6.76. The number of benzene rings is 1. The molecule has 2 aliphatic heterocycles. The lowest BCUT2D eigenvalue weighted by molar-refractivity contribution is 0.0388. The van der Waals surface area contributed by atoms with Gasteiger partial charge in [0.15, 0.2) is 0 Å². The van der Waals surface area contributed by atoms with Crippen molar-refractivity contribution < 1.29 is 13.2 Å². The third-order valence-corrected chi connectivity index (χ3v) is 9.93. The van der Waals surface area contributed by atoms with Crippen molar-refractivity contribution in [1.29, 1.82) is 0 Å². The summed E-state index contributed by atoms with van der Waals surface area (Å²) in [7, 11) is -3.49. The second-order valence-electron chi connectivity index (χ2n) is 10.1. The Morgan fingerprint density at radius 1 is 0.882 bits per heavy atom. The maximum atomic E-state index is 13.8. The van der Waals surface area contributed by atoms with Crippen LogP contribution in [-0.4, -0.2) is 54.2 Å². The predicted octanol–water partition coefficient (Wildman–Crippen LogP) is 4.75. The van der Waals surface area contributed by atoms with Crippen LogP contribution in [0.1, 0.15) is 79.0 Å². The third kappa shape index (κ3) is 4.52. The van der Waals surface area contributed by atoms with E-state index in [1.165, 1.54) is 25.7 Å². The average molecular weight is 482 g/mol. The summed E-state index contributed by atoms with van der Waals surface area (Å²) in [5.74, 6) is 0.853. The van der Waals surface area contributed by atoms with E-state index in [4.69, 9.17) is 4.98 Å². The molecule has 6 nitrogen and oxygen atoms in total. The zero-order valence-corrected chi connectivity index (χ0v) is 20.8. The van der Waals surface area contributed by atoms with Crippen LogP contribution in [0, 0.1) is 12.8 Å². The normalized spacial score (nSPS) is 24.6. The molecule has 0 spiro atoms. The monoisotopic (exact) mass is 481 g/mol. The van der Waals surface area contributed by atoms with Crippen molar-refractivity contribution in [2.75, 3.05) is 19.6 Å². The first-order chi connectivity index (χ1) is 16.4. The maximum absolute atomic E-state index is 13.8. The van der Waals surface area contributed by atoms with Crippen molar-refractivity contribution in [1.82, 2.24) is 14.2 Å². The van der Waals surface area contributed by atoms with E-state index < -0.39 is 10.0 Å². The highest BCUT2D eigenvalue weighted by Crippen LogP contribution is 2.37. The minimum atomic E-state index is -3.49. The van der Waals surface area contributed by atoms with Crippen LogP contribution in [0.5, 0.6) is 0 Å². The zero-order chi connectivity index (χ0) is 23.7. The van der Waals surface area contributed by atoms with Crippen molar-refractivity contribution >= 4 is 15.9 Å². The van der Waals surface area contributed by atoms with Gasteiger partial charge in [0.1, 0.15) is 0 Å². The van der Waals surface area contributed by atoms with E-state index in [0.29, 0.717) is 42.8 Å². The van der Waals surface area contributed by atoms with Gasteiger partial charge in [-0.25, -0.2) is 8.42 Å². The molecule has 2 saturated heterocycles. The molecule has 0 N–H and O–H groups in total. The van der Waals surface area contributed by atoms with Crippen molar-refractivity contribution in [3.63, 3.8) is 0 Å². The van der Waals surface area contributed by atoms with Gasteiger partial charge in [-0.3, -0.25) is 9.78 Å². The third-order valence-electron chi connectivity index (χ3n) is 8.02. The second kappa shape index (κ2) is 9.78. The van der Waals surface area contributed by atoms with E-state index in [0.717, 1.165) is 36.3 Å². The highest BCUT2D eigenvalue weighted by molar-refractivity contribution is 7.89. The number of carbonyl (C=O) groups is 1. The molecule has 1 aromatic carbocycles. The molecule has 0 bridgehead atoms. The molecule has 3 fully saturated rings. The minimum absolute atomic E-state index is 0.0908. The fourth-order valence-corrected chi connectivity index (χ4v) is 7.70. The molecule has 1 saturated carbocycles. The summed E-state index contributed by atoms with van der Waals surface area (Å²) in [5, 5.41) is 0. The number of carbonyl (C=O) groups excluding carboxylic acids is 1. The van der Waals surface area contributed by atoms with E-state index in [1.54, 1.807) is 28.6 Å². The Morgan fingerprint density at radius 2 is 1.59 bits per heavy atom. The molecule has 5 rings (SSSR count). The van der Waals surface area contributed by atoms with Crippen LogP contribution in [0.15, 0.2) is 47.4 Å². The smallest absolute Gasteiger partial charge is 0.255 e. The molecule has 2 aromatic rings. The Bertz CT molecular complexity index is 1130. The first-order valence-corrected chi connectivity index (χ1v) is 14.2.